The van der Waals surface area contributed by atoms with Gasteiger partial charge in [-0.1, -0.05) is 24.3 Å². The van der Waals surface area contributed by atoms with Crippen LogP contribution in [-0.2, 0) is 23.4 Å². The molecule has 0 amide bonds. The average Bonchev–Trinajstić information content (AvgIpc) is 3.08. The molecule has 2 heterocycles. The maximum absolute atomic E-state index is 15.1. The number of aromatic nitrogens is 2. The first-order valence-corrected chi connectivity index (χ1v) is 12.9. The highest BCUT2D eigenvalue weighted by atomic mass is 31.2. The Hall–Kier alpha value is -3.09. The van der Waals surface area contributed by atoms with Gasteiger partial charge < -0.3 is 19.1 Å². The Balaban J connectivity index is 1.86. The summed E-state index contributed by atoms with van der Waals surface area (Å²) in [6, 6.07) is 7.76. The minimum Gasteiger partial charge on any atom is -0.462 e. The number of nitrogens with one attached hydrogen (secondary N) is 2. The summed E-state index contributed by atoms with van der Waals surface area (Å²) < 4.78 is 51.4. The largest absolute Gasteiger partial charge is 0.462 e. The number of nitrogens with zero attached hydrogens (tertiary/aromatic N) is 1. The Morgan fingerprint density at radius 1 is 1.32 bits per heavy atom. The van der Waals surface area contributed by atoms with E-state index in [-0.39, 0.29) is 5.75 Å². The molecule has 202 valence electrons. The molecule has 0 radical (unpaired) electrons. The molecule has 3 unspecified atom stereocenters. The number of aliphatic hydroxyl groups is 1. The summed E-state index contributed by atoms with van der Waals surface area (Å²) in [4.78, 5) is 37.8. The Morgan fingerprint density at radius 2 is 2.00 bits per heavy atom. The van der Waals surface area contributed by atoms with Gasteiger partial charge in [0, 0.05) is 12.3 Å². The molecule has 1 aliphatic heterocycles. The van der Waals surface area contributed by atoms with E-state index in [1.54, 1.807) is 32.0 Å². The zero-order chi connectivity index (χ0) is 27.4. The van der Waals surface area contributed by atoms with Gasteiger partial charge in [-0.25, -0.2) is 13.8 Å². The van der Waals surface area contributed by atoms with Crippen molar-refractivity contribution in [1.29, 1.82) is 0 Å². The zero-order valence-electron chi connectivity index (χ0n) is 20.4. The van der Waals surface area contributed by atoms with Gasteiger partial charge in [0.1, 0.15) is 23.5 Å². The fourth-order valence-corrected chi connectivity index (χ4v) is 5.02. The van der Waals surface area contributed by atoms with E-state index < -0.39 is 67.8 Å². The minimum absolute atomic E-state index is 0.129. The number of aliphatic hydroxyl groups excluding tert-OH is 1. The van der Waals surface area contributed by atoms with E-state index in [9.17, 15) is 24.1 Å². The third kappa shape index (κ3) is 6.62. The van der Waals surface area contributed by atoms with Crippen LogP contribution in [0.15, 0.2) is 64.8 Å². The lowest BCUT2D eigenvalue weighted by Gasteiger charge is -2.30. The molecule has 14 heteroatoms. The molecule has 1 aromatic carbocycles. The van der Waals surface area contributed by atoms with Gasteiger partial charge in [-0.05, 0) is 32.9 Å². The standard InChI is InChI=1S/C23H29FN3O9P/c1-5-23(19(29)18(24)20(35-23)27-12-11-17(28)25-22(27)31)13-33-37(32,36-16-9-7-6-8-10-16)26-15(4)21(30)34-14(2)3/h5-12,14-15,18-20,29H,1,13H2,2-4H3,(H,26,32)(H,25,28,31)/t15?,18-,19+,20?,23-,37?/m1/s1. The van der Waals surface area contributed by atoms with Crippen LogP contribution in [0.1, 0.15) is 27.0 Å². The van der Waals surface area contributed by atoms with Gasteiger partial charge in [0.05, 0.1) is 12.7 Å². The molecular formula is C23H29FN3O9P. The number of hydrogen-bond donors (Lipinski definition) is 3. The number of ether oxygens (including phenoxy) is 2. The SMILES string of the molecule is C=C[C@]1(COP(=O)(NC(C)C(=O)OC(C)C)Oc2ccccc2)OC(n2ccc(=O)[nH]c2=O)[C@H](F)[C@@H]1O. The van der Waals surface area contributed by atoms with Crippen molar-refractivity contribution in [2.24, 2.45) is 0 Å². The summed E-state index contributed by atoms with van der Waals surface area (Å²) in [5, 5.41) is 13.2. The molecular weight excluding hydrogens is 512 g/mol. The third-order valence-electron chi connectivity index (χ3n) is 5.37. The number of halogens is 1. The molecule has 12 nitrogen and oxygen atoms in total. The maximum atomic E-state index is 15.1. The van der Waals surface area contributed by atoms with Gasteiger partial charge in [-0.2, -0.15) is 5.09 Å². The predicted molar refractivity (Wildman–Crippen MR) is 130 cm³/mol. The first-order chi connectivity index (χ1) is 17.4. The predicted octanol–water partition coefficient (Wildman–Crippen LogP) is 1.82. The number of esters is 1. The van der Waals surface area contributed by atoms with Crippen LogP contribution in [0.3, 0.4) is 0 Å². The van der Waals surface area contributed by atoms with Crippen LogP contribution in [0.25, 0.3) is 0 Å². The maximum Gasteiger partial charge on any atom is 0.459 e. The molecule has 2 aromatic rings. The molecule has 1 fully saturated rings. The summed E-state index contributed by atoms with van der Waals surface area (Å²) in [5.74, 6) is -0.600. The highest BCUT2D eigenvalue weighted by Crippen LogP contribution is 2.48. The number of carbonyl (C=O) groups excluding carboxylic acids is 1. The van der Waals surface area contributed by atoms with E-state index in [2.05, 4.69) is 11.7 Å². The van der Waals surface area contributed by atoms with Gasteiger partial charge >= 0.3 is 19.4 Å². The molecule has 0 spiro atoms. The van der Waals surface area contributed by atoms with Gasteiger partial charge in [-0.3, -0.25) is 23.7 Å². The molecule has 1 saturated heterocycles. The van der Waals surface area contributed by atoms with Gasteiger partial charge in [0.15, 0.2) is 12.4 Å². The van der Waals surface area contributed by atoms with Crippen molar-refractivity contribution in [3.8, 4) is 5.75 Å². The molecule has 1 aliphatic rings. The second kappa shape index (κ2) is 11.5. The number of benzene rings is 1. The molecule has 3 N–H and O–H groups in total. The first kappa shape index (κ1) is 28.5. The van der Waals surface area contributed by atoms with Crippen molar-refractivity contribution in [2.45, 2.75) is 57.0 Å². The second-order valence-electron chi connectivity index (χ2n) is 8.59. The smallest absolute Gasteiger partial charge is 0.459 e. The number of hydrogen-bond acceptors (Lipinski definition) is 9. The third-order valence-corrected chi connectivity index (χ3v) is 7.00. The van der Waals surface area contributed by atoms with Crippen molar-refractivity contribution in [1.82, 2.24) is 14.6 Å². The summed E-state index contributed by atoms with van der Waals surface area (Å²) in [6.45, 7) is 7.49. The van der Waals surface area contributed by atoms with E-state index in [0.717, 1.165) is 22.9 Å². The highest BCUT2D eigenvalue weighted by Gasteiger charge is 2.56. The van der Waals surface area contributed by atoms with Crippen LogP contribution in [0.4, 0.5) is 4.39 Å². The van der Waals surface area contributed by atoms with E-state index in [0.29, 0.717) is 0 Å². The van der Waals surface area contributed by atoms with Crippen LogP contribution >= 0.6 is 7.75 Å². The molecule has 0 bridgehead atoms. The van der Waals surface area contributed by atoms with Crippen LogP contribution < -0.4 is 20.9 Å². The number of H-pyrrole nitrogens is 1. The molecule has 3 rings (SSSR count). The molecule has 0 aliphatic carbocycles. The molecule has 37 heavy (non-hydrogen) atoms. The van der Waals surface area contributed by atoms with Crippen LogP contribution in [0.5, 0.6) is 5.75 Å². The average molecular weight is 541 g/mol. The van der Waals surface area contributed by atoms with E-state index in [4.69, 9.17) is 18.5 Å². The lowest BCUT2D eigenvalue weighted by Crippen LogP contribution is -2.45. The van der Waals surface area contributed by atoms with Crippen molar-refractivity contribution in [3.63, 3.8) is 0 Å². The summed E-state index contributed by atoms with van der Waals surface area (Å²) >= 11 is 0. The number of alkyl halides is 1. The van der Waals surface area contributed by atoms with E-state index in [1.807, 2.05) is 4.98 Å². The number of aromatic amines is 1. The Labute approximate surface area is 211 Å². The van der Waals surface area contributed by atoms with Gasteiger partial charge in [0.2, 0.25) is 0 Å². The van der Waals surface area contributed by atoms with Crippen LogP contribution in [-0.4, -0.2) is 57.3 Å². The van der Waals surface area contributed by atoms with Gasteiger partial charge in [0.25, 0.3) is 5.56 Å². The summed E-state index contributed by atoms with van der Waals surface area (Å²) in [5.41, 5.74) is -3.66. The summed E-state index contributed by atoms with van der Waals surface area (Å²) in [6.07, 6.45) is -4.12. The number of rotatable bonds is 11. The van der Waals surface area contributed by atoms with Crippen molar-refractivity contribution >= 4 is 13.7 Å². The van der Waals surface area contributed by atoms with Crippen LogP contribution in [0, 0.1) is 0 Å². The summed E-state index contributed by atoms with van der Waals surface area (Å²) in [7, 11) is -4.39. The Morgan fingerprint density at radius 3 is 2.59 bits per heavy atom. The number of para-hydroxylation sites is 1. The topological polar surface area (TPSA) is 158 Å². The van der Waals surface area contributed by atoms with Crippen LogP contribution in [0.2, 0.25) is 0 Å². The van der Waals surface area contributed by atoms with E-state index in [1.165, 1.54) is 19.1 Å². The lowest BCUT2D eigenvalue weighted by atomic mass is 9.97. The molecule has 0 saturated carbocycles. The van der Waals surface area contributed by atoms with Crippen molar-refractivity contribution in [3.05, 3.63) is 76.1 Å². The lowest BCUT2D eigenvalue weighted by molar-refractivity contribution is -0.149. The second-order valence-corrected chi connectivity index (χ2v) is 10.3. The normalized spacial score (nSPS) is 25.8. The monoisotopic (exact) mass is 541 g/mol. The Bertz CT molecular complexity index is 1270. The zero-order valence-corrected chi connectivity index (χ0v) is 21.3. The fraction of sp³-hybridized carbons (Fsp3) is 0.435. The van der Waals surface area contributed by atoms with Crippen molar-refractivity contribution < 1.29 is 37.4 Å². The fourth-order valence-electron chi connectivity index (χ4n) is 3.49. The minimum atomic E-state index is -4.39. The Kier molecular flexibility index (Phi) is 8.88. The van der Waals surface area contributed by atoms with E-state index >= 15 is 4.39 Å². The first-order valence-electron chi connectivity index (χ1n) is 11.3. The number of carbonyl (C=O) groups is 1. The quantitative estimate of drug-likeness (QED) is 0.218. The van der Waals surface area contributed by atoms with Gasteiger partial charge in [-0.15, -0.1) is 6.58 Å². The van der Waals surface area contributed by atoms with Crippen molar-refractivity contribution in [2.75, 3.05) is 6.61 Å². The molecule has 6 atom stereocenters. The molecule has 1 aromatic heterocycles. The highest BCUT2D eigenvalue weighted by molar-refractivity contribution is 7.52.